The van der Waals surface area contributed by atoms with Crippen LogP contribution >= 0.6 is 0 Å². The lowest BCUT2D eigenvalue weighted by molar-refractivity contribution is 0.660. The number of fused-ring (bicyclic) bond motifs is 6. The molecule has 0 saturated heterocycles. The third-order valence-corrected chi connectivity index (χ3v) is 9.83. The molecule has 0 aliphatic carbocycles. The Morgan fingerprint density at radius 1 is 0.640 bits per heavy atom. The average molecular weight is 648 g/mol. The second-order valence-corrected chi connectivity index (χ2v) is 12.9. The molecule has 0 spiro atoms. The van der Waals surface area contributed by atoms with Crippen molar-refractivity contribution in [2.75, 3.05) is 13.1 Å². The van der Waals surface area contributed by atoms with Crippen molar-refractivity contribution in [2.24, 2.45) is 5.73 Å². The molecule has 1 aliphatic heterocycles. The molecule has 3 heterocycles. The van der Waals surface area contributed by atoms with Crippen molar-refractivity contribution < 1.29 is 0 Å². The monoisotopic (exact) mass is 647 g/mol. The predicted octanol–water partition coefficient (Wildman–Crippen LogP) is 9.55. The van der Waals surface area contributed by atoms with E-state index in [0.29, 0.717) is 6.54 Å². The van der Waals surface area contributed by atoms with Crippen molar-refractivity contribution in [2.45, 2.75) is 6.04 Å². The fourth-order valence-electron chi connectivity index (χ4n) is 7.50. The van der Waals surface area contributed by atoms with Crippen LogP contribution in [0.25, 0.3) is 60.7 Å². The molecule has 1 aliphatic rings. The third kappa shape index (κ3) is 5.25. The van der Waals surface area contributed by atoms with Gasteiger partial charge in [-0.1, -0.05) is 115 Å². The number of hydrogen-bond donors (Lipinski definition) is 3. The highest BCUT2D eigenvalue weighted by molar-refractivity contribution is 6.19. The number of nitrogens with two attached hydrogens (primary N) is 1. The zero-order valence-electron chi connectivity index (χ0n) is 27.6. The average Bonchev–Trinajstić information content (AvgIpc) is 3.68. The Labute approximate surface area is 291 Å². The van der Waals surface area contributed by atoms with Crippen molar-refractivity contribution in [3.63, 3.8) is 0 Å². The van der Waals surface area contributed by atoms with Gasteiger partial charge in [0.15, 0.2) is 0 Å². The molecule has 1 unspecified atom stereocenters. The third-order valence-electron chi connectivity index (χ3n) is 9.83. The quantitative estimate of drug-likeness (QED) is 0.154. The van der Waals surface area contributed by atoms with E-state index < -0.39 is 0 Å². The molecule has 50 heavy (non-hydrogen) atoms. The Bertz CT molecular complexity index is 2590. The maximum atomic E-state index is 6.62. The van der Waals surface area contributed by atoms with Gasteiger partial charge in [-0.3, -0.25) is 0 Å². The molecule has 5 heteroatoms. The van der Waals surface area contributed by atoms with E-state index in [9.17, 15) is 0 Å². The van der Waals surface area contributed by atoms with Crippen LogP contribution in [0.4, 0.5) is 0 Å². The lowest BCUT2D eigenvalue weighted by Gasteiger charge is -2.21. The van der Waals surface area contributed by atoms with E-state index in [1.807, 2.05) is 24.3 Å². The highest BCUT2D eigenvalue weighted by atomic mass is 15.0. The summed E-state index contributed by atoms with van der Waals surface area (Å²) in [5.74, 6) is 0. The smallest absolute Gasteiger partial charge is 0.0562 e. The van der Waals surface area contributed by atoms with Crippen molar-refractivity contribution in [1.29, 1.82) is 0 Å². The van der Waals surface area contributed by atoms with Crippen LogP contribution in [0.15, 0.2) is 176 Å². The second-order valence-electron chi connectivity index (χ2n) is 12.9. The van der Waals surface area contributed by atoms with Crippen LogP contribution in [0.5, 0.6) is 0 Å². The molecule has 8 aromatic rings. The van der Waals surface area contributed by atoms with E-state index in [1.165, 1.54) is 60.4 Å². The zero-order chi connectivity index (χ0) is 33.4. The molecule has 0 fully saturated rings. The highest BCUT2D eigenvalue weighted by Gasteiger charge is 2.20. The Morgan fingerprint density at radius 3 is 1.92 bits per heavy atom. The van der Waals surface area contributed by atoms with Gasteiger partial charge in [0.25, 0.3) is 0 Å². The Balaban J connectivity index is 1.14. The molecular weight excluding hydrogens is 611 g/mol. The molecule has 0 saturated carbocycles. The number of dihydropyridines is 1. The van der Waals surface area contributed by atoms with E-state index in [2.05, 4.69) is 166 Å². The van der Waals surface area contributed by atoms with Crippen molar-refractivity contribution >= 4 is 55.0 Å². The predicted molar refractivity (Wildman–Crippen MR) is 210 cm³/mol. The summed E-state index contributed by atoms with van der Waals surface area (Å²) in [5, 5.41) is 12.4. The second kappa shape index (κ2) is 12.6. The van der Waals surface area contributed by atoms with Gasteiger partial charge in [-0.15, -0.1) is 0 Å². The van der Waals surface area contributed by atoms with Gasteiger partial charge < -0.3 is 25.5 Å². The minimum Gasteiger partial charge on any atom is -0.398 e. The Morgan fingerprint density at radius 2 is 1.22 bits per heavy atom. The number of nitrogens with one attached hydrogen (secondary N) is 2. The summed E-state index contributed by atoms with van der Waals surface area (Å²) >= 11 is 0. The fourth-order valence-corrected chi connectivity index (χ4v) is 7.50. The van der Waals surface area contributed by atoms with E-state index in [4.69, 9.17) is 5.73 Å². The normalized spacial score (nSPS) is 14.2. The minimum absolute atomic E-state index is 0.0579. The molecule has 0 bridgehead atoms. The topological polar surface area (TPSA) is 59.9 Å². The number of benzene rings is 6. The summed E-state index contributed by atoms with van der Waals surface area (Å²) < 4.78 is 4.84. The maximum Gasteiger partial charge on any atom is 0.0562 e. The van der Waals surface area contributed by atoms with E-state index in [1.54, 1.807) is 0 Å². The molecule has 4 N–H and O–H groups in total. The van der Waals surface area contributed by atoms with Crippen molar-refractivity contribution in [3.8, 4) is 5.69 Å². The molecule has 0 radical (unpaired) electrons. The van der Waals surface area contributed by atoms with Gasteiger partial charge in [0.05, 0.1) is 34.7 Å². The first-order valence-corrected chi connectivity index (χ1v) is 17.2. The molecule has 5 nitrogen and oxygen atoms in total. The van der Waals surface area contributed by atoms with E-state index in [-0.39, 0.29) is 6.04 Å². The highest BCUT2D eigenvalue weighted by Crippen LogP contribution is 2.39. The van der Waals surface area contributed by atoms with Crippen LogP contribution in [-0.2, 0) is 0 Å². The van der Waals surface area contributed by atoms with Crippen LogP contribution < -0.4 is 16.4 Å². The molecular formula is C45H37N5. The van der Waals surface area contributed by atoms with Crippen LogP contribution in [0, 0.1) is 0 Å². The maximum absolute atomic E-state index is 6.62. The molecule has 2 aromatic heterocycles. The van der Waals surface area contributed by atoms with Crippen molar-refractivity contribution in [3.05, 3.63) is 187 Å². The van der Waals surface area contributed by atoms with Gasteiger partial charge >= 0.3 is 0 Å². The number of aromatic nitrogens is 2. The first-order chi connectivity index (χ1) is 24.7. The molecule has 6 aromatic carbocycles. The van der Waals surface area contributed by atoms with Crippen molar-refractivity contribution in [1.82, 2.24) is 19.8 Å². The lowest BCUT2D eigenvalue weighted by Crippen LogP contribution is -2.26. The number of para-hydroxylation sites is 3. The summed E-state index contributed by atoms with van der Waals surface area (Å²) in [6.07, 6.45) is 6.58. The summed E-state index contributed by atoms with van der Waals surface area (Å²) in [6.45, 7) is 1.39. The van der Waals surface area contributed by atoms with Gasteiger partial charge in [-0.25, -0.2) is 0 Å². The number of hydrogen-bond acceptors (Lipinski definition) is 3. The summed E-state index contributed by atoms with van der Waals surface area (Å²) in [6, 6.07) is 53.6. The summed E-state index contributed by atoms with van der Waals surface area (Å²) in [5.41, 5.74) is 17.9. The summed E-state index contributed by atoms with van der Waals surface area (Å²) in [7, 11) is 0. The van der Waals surface area contributed by atoms with Gasteiger partial charge in [-0.05, 0) is 65.3 Å². The van der Waals surface area contributed by atoms with E-state index >= 15 is 0 Å². The van der Waals surface area contributed by atoms with Gasteiger partial charge in [-0.2, -0.15) is 0 Å². The summed E-state index contributed by atoms with van der Waals surface area (Å²) in [4.78, 5) is 0. The minimum atomic E-state index is -0.0579. The first-order valence-electron chi connectivity index (χ1n) is 17.2. The largest absolute Gasteiger partial charge is 0.398 e. The van der Waals surface area contributed by atoms with Crippen LogP contribution in [0.3, 0.4) is 0 Å². The first kappa shape index (κ1) is 29.8. The van der Waals surface area contributed by atoms with Crippen LogP contribution in [0.1, 0.15) is 17.2 Å². The Kier molecular flexibility index (Phi) is 7.52. The zero-order valence-corrected chi connectivity index (χ0v) is 27.6. The number of rotatable bonds is 8. The van der Waals surface area contributed by atoms with Gasteiger partial charge in [0.2, 0.25) is 0 Å². The SMILES string of the molecule is N/C(=C\C(NCC1=CNCC(n2c3ccccc3c3cc4c5ccccc5n(-c5ccccc5)c4cc32)=C1)c1ccccc1)c1ccccc1. The van der Waals surface area contributed by atoms with Gasteiger partial charge in [0.1, 0.15) is 0 Å². The molecule has 9 rings (SSSR count). The lowest BCUT2D eigenvalue weighted by atomic mass is 10.0. The molecule has 0 amide bonds. The molecule has 1 atom stereocenters. The fraction of sp³-hybridized carbons (Fsp3) is 0.0667. The standard InChI is InChI=1S/C45H37N5/c46-40(32-14-4-1-5-15-32)26-41(33-16-6-2-7-17-33)48-29-31-24-35(30-47-28-31)50-43-23-13-11-21-37(43)39-25-38-36-20-10-12-22-42(36)49(44(38)27-45(39)50)34-18-8-3-9-19-34/h1-28,41,47-48H,29-30,46H2/b40-26-. The van der Waals surface area contributed by atoms with Gasteiger partial charge in [0, 0.05) is 51.4 Å². The Hall–Kier alpha value is -6.30. The van der Waals surface area contributed by atoms with Crippen LogP contribution in [0.2, 0.25) is 0 Å². The molecule has 242 valence electrons. The van der Waals surface area contributed by atoms with Crippen LogP contribution in [-0.4, -0.2) is 22.2 Å². The number of nitrogens with zero attached hydrogens (tertiary/aromatic N) is 2. The van der Waals surface area contributed by atoms with E-state index in [0.717, 1.165) is 23.5 Å².